The molecule has 5 heterocycles. The van der Waals surface area contributed by atoms with Crippen LogP contribution in [-0.4, -0.2) is 75.6 Å². The van der Waals surface area contributed by atoms with Crippen LogP contribution in [0, 0.1) is 0 Å². The average Bonchev–Trinajstić information content (AvgIpc) is 3.33. The summed E-state index contributed by atoms with van der Waals surface area (Å²) in [6.45, 7) is 6.41. The number of fused-ring (bicyclic) bond motifs is 1. The molecule has 3 aromatic heterocycles. The molecule has 0 amide bonds. The molecule has 0 bridgehead atoms. The van der Waals surface area contributed by atoms with Gasteiger partial charge in [-0.2, -0.15) is 5.10 Å². The summed E-state index contributed by atoms with van der Waals surface area (Å²) in [4.78, 5) is 16.1. The van der Waals surface area contributed by atoms with E-state index in [1.165, 1.54) is 5.56 Å². The van der Waals surface area contributed by atoms with Gasteiger partial charge in [0.15, 0.2) is 5.65 Å². The van der Waals surface area contributed by atoms with E-state index < -0.39 is 0 Å². The standard InChI is InChI=1S/C28H33N7O2/c1-19(24-5-3-4-6-26(24)37-23-16-36-17-23)13-29-27-12-25(31-18-32-27)20-11-21-15-33-35(28(21)30-14-20)22-7-9-34(2)10-8-22/h3-6,11-12,14-15,18-19,22-23H,7-10,13,16-17H2,1-2H3,(H,29,31,32). The Kier molecular flexibility index (Phi) is 6.72. The van der Waals surface area contributed by atoms with Crippen molar-refractivity contribution in [1.29, 1.82) is 0 Å². The van der Waals surface area contributed by atoms with Crippen LogP contribution in [-0.2, 0) is 4.74 Å². The third-order valence-corrected chi connectivity index (χ3v) is 7.37. The fourth-order valence-electron chi connectivity index (χ4n) is 5.02. The predicted molar refractivity (Wildman–Crippen MR) is 143 cm³/mol. The van der Waals surface area contributed by atoms with Gasteiger partial charge in [0, 0.05) is 35.7 Å². The van der Waals surface area contributed by atoms with Gasteiger partial charge in [0.05, 0.1) is 31.1 Å². The number of nitrogens with one attached hydrogen (secondary N) is 1. The van der Waals surface area contributed by atoms with Crippen LogP contribution in [0.1, 0.15) is 37.3 Å². The lowest BCUT2D eigenvalue weighted by molar-refractivity contribution is -0.0800. The van der Waals surface area contributed by atoms with Crippen LogP contribution >= 0.6 is 0 Å². The zero-order valence-electron chi connectivity index (χ0n) is 21.4. The largest absolute Gasteiger partial charge is 0.485 e. The number of hydrogen-bond donors (Lipinski definition) is 1. The molecule has 6 rings (SSSR count). The molecule has 2 fully saturated rings. The normalized spacial score (nSPS) is 18.0. The predicted octanol–water partition coefficient (Wildman–Crippen LogP) is 4.15. The number of piperidine rings is 1. The first-order chi connectivity index (χ1) is 18.1. The maximum atomic E-state index is 6.12. The monoisotopic (exact) mass is 499 g/mol. The number of anilines is 1. The zero-order chi connectivity index (χ0) is 25.2. The van der Waals surface area contributed by atoms with Gasteiger partial charge in [-0.15, -0.1) is 0 Å². The van der Waals surface area contributed by atoms with Gasteiger partial charge in [-0.1, -0.05) is 25.1 Å². The highest BCUT2D eigenvalue weighted by Crippen LogP contribution is 2.30. The van der Waals surface area contributed by atoms with Gasteiger partial charge in [0.1, 0.15) is 24.0 Å². The van der Waals surface area contributed by atoms with Crippen molar-refractivity contribution in [3.63, 3.8) is 0 Å². The molecule has 2 aliphatic heterocycles. The van der Waals surface area contributed by atoms with Gasteiger partial charge in [-0.25, -0.2) is 19.6 Å². The van der Waals surface area contributed by atoms with E-state index in [1.807, 2.05) is 30.6 Å². The lowest BCUT2D eigenvalue weighted by atomic mass is 10.00. The number of aromatic nitrogens is 5. The molecule has 1 N–H and O–H groups in total. The zero-order valence-corrected chi connectivity index (χ0v) is 21.4. The molecule has 2 saturated heterocycles. The number of rotatable bonds is 8. The number of hydrogen-bond acceptors (Lipinski definition) is 8. The number of para-hydroxylation sites is 1. The van der Waals surface area contributed by atoms with Crippen LogP contribution in [0.4, 0.5) is 5.82 Å². The molecule has 1 atom stereocenters. The molecule has 0 aliphatic carbocycles. The highest BCUT2D eigenvalue weighted by molar-refractivity contribution is 5.80. The van der Waals surface area contributed by atoms with Gasteiger partial charge in [0.25, 0.3) is 0 Å². The molecule has 4 aromatic rings. The Hall–Kier alpha value is -3.56. The molecule has 37 heavy (non-hydrogen) atoms. The molecule has 0 spiro atoms. The van der Waals surface area contributed by atoms with Crippen molar-refractivity contribution >= 4 is 16.9 Å². The van der Waals surface area contributed by atoms with Crippen LogP contribution in [0.5, 0.6) is 5.75 Å². The summed E-state index contributed by atoms with van der Waals surface area (Å²) in [7, 11) is 2.17. The van der Waals surface area contributed by atoms with Crippen LogP contribution in [0.3, 0.4) is 0 Å². The molecule has 0 radical (unpaired) electrons. The summed E-state index contributed by atoms with van der Waals surface area (Å²) < 4.78 is 13.5. The average molecular weight is 500 g/mol. The Morgan fingerprint density at radius 1 is 1.08 bits per heavy atom. The van der Waals surface area contributed by atoms with Crippen molar-refractivity contribution in [3.8, 4) is 17.0 Å². The topological polar surface area (TPSA) is 90.2 Å². The SMILES string of the molecule is CC(CNc1cc(-c2cnc3c(cnn3C3CCN(C)CC3)c2)ncn1)c1ccccc1OC1COC1. The molecule has 9 heteroatoms. The highest BCUT2D eigenvalue weighted by atomic mass is 16.6. The number of ether oxygens (including phenoxy) is 2. The van der Waals surface area contributed by atoms with Crippen LogP contribution in [0.15, 0.2) is 55.1 Å². The molecular formula is C28H33N7O2. The third kappa shape index (κ3) is 5.14. The second-order valence-corrected chi connectivity index (χ2v) is 10.1. The minimum absolute atomic E-state index is 0.146. The second-order valence-electron chi connectivity index (χ2n) is 10.1. The van der Waals surface area contributed by atoms with Crippen molar-refractivity contribution in [3.05, 3.63) is 60.7 Å². The van der Waals surface area contributed by atoms with Crippen molar-refractivity contribution in [2.45, 2.75) is 37.8 Å². The Morgan fingerprint density at radius 2 is 1.92 bits per heavy atom. The Balaban J connectivity index is 1.15. The Labute approximate surface area is 216 Å². The summed E-state index contributed by atoms with van der Waals surface area (Å²) in [6, 6.07) is 12.7. The van der Waals surface area contributed by atoms with E-state index in [4.69, 9.17) is 14.5 Å². The Bertz CT molecular complexity index is 1360. The molecule has 0 saturated carbocycles. The highest BCUT2D eigenvalue weighted by Gasteiger charge is 2.23. The maximum Gasteiger partial charge on any atom is 0.158 e. The van der Waals surface area contributed by atoms with Crippen molar-refractivity contribution in [2.24, 2.45) is 0 Å². The molecule has 192 valence electrons. The quantitative estimate of drug-likeness (QED) is 0.387. The Morgan fingerprint density at radius 3 is 2.73 bits per heavy atom. The van der Waals surface area contributed by atoms with E-state index in [2.05, 4.69) is 62.1 Å². The molecule has 2 aliphatic rings. The van der Waals surface area contributed by atoms with E-state index in [-0.39, 0.29) is 12.0 Å². The summed E-state index contributed by atoms with van der Waals surface area (Å²) >= 11 is 0. The molecule has 1 unspecified atom stereocenters. The number of pyridine rings is 1. The molecule has 1 aromatic carbocycles. The van der Waals surface area contributed by atoms with Crippen LogP contribution < -0.4 is 10.1 Å². The first kappa shape index (κ1) is 23.8. The summed E-state index contributed by atoms with van der Waals surface area (Å²) in [5.74, 6) is 1.94. The molecular weight excluding hydrogens is 466 g/mol. The number of benzene rings is 1. The lowest BCUT2D eigenvalue weighted by Gasteiger charge is -2.29. The fourth-order valence-corrected chi connectivity index (χ4v) is 5.02. The van der Waals surface area contributed by atoms with Crippen molar-refractivity contribution in [2.75, 3.05) is 45.2 Å². The van der Waals surface area contributed by atoms with Crippen LogP contribution in [0.25, 0.3) is 22.3 Å². The van der Waals surface area contributed by atoms with Gasteiger partial charge in [-0.3, -0.25) is 0 Å². The minimum atomic E-state index is 0.146. The first-order valence-electron chi connectivity index (χ1n) is 13.1. The van der Waals surface area contributed by atoms with Crippen LogP contribution in [0.2, 0.25) is 0 Å². The van der Waals surface area contributed by atoms with Gasteiger partial charge in [-0.05, 0) is 50.7 Å². The second kappa shape index (κ2) is 10.4. The number of likely N-dealkylation sites (tertiary alicyclic amines) is 1. The molecule has 9 nitrogen and oxygen atoms in total. The van der Waals surface area contributed by atoms with Crippen molar-refractivity contribution in [1.82, 2.24) is 29.6 Å². The summed E-state index contributed by atoms with van der Waals surface area (Å²) in [5.41, 5.74) is 3.90. The maximum absolute atomic E-state index is 6.12. The van der Waals surface area contributed by atoms with Gasteiger partial charge >= 0.3 is 0 Å². The van der Waals surface area contributed by atoms with E-state index in [1.54, 1.807) is 6.33 Å². The number of nitrogens with zero attached hydrogens (tertiary/aromatic N) is 6. The van der Waals surface area contributed by atoms with Gasteiger partial charge in [0.2, 0.25) is 0 Å². The van der Waals surface area contributed by atoms with E-state index in [0.29, 0.717) is 19.3 Å². The lowest BCUT2D eigenvalue weighted by Crippen LogP contribution is -2.38. The smallest absolute Gasteiger partial charge is 0.158 e. The minimum Gasteiger partial charge on any atom is -0.485 e. The third-order valence-electron chi connectivity index (χ3n) is 7.37. The van der Waals surface area contributed by atoms with E-state index in [0.717, 1.165) is 66.3 Å². The van der Waals surface area contributed by atoms with E-state index in [9.17, 15) is 0 Å². The first-order valence-corrected chi connectivity index (χ1v) is 13.1. The summed E-state index contributed by atoms with van der Waals surface area (Å²) in [5, 5.41) is 9.19. The fraction of sp³-hybridized carbons (Fsp3) is 0.429. The van der Waals surface area contributed by atoms with Crippen molar-refractivity contribution < 1.29 is 9.47 Å². The summed E-state index contributed by atoms with van der Waals surface area (Å²) in [6.07, 6.45) is 7.75. The van der Waals surface area contributed by atoms with Gasteiger partial charge < -0.3 is 19.7 Å². The van der Waals surface area contributed by atoms with E-state index >= 15 is 0 Å².